The molecule has 4 aliphatic heterocycles. The van der Waals surface area contributed by atoms with Gasteiger partial charge in [-0.3, -0.25) is 0 Å². The molecular formula is C101H116O10. The number of benzene rings is 10. The second kappa shape index (κ2) is 29.4. The molecule has 111 heavy (non-hydrogen) atoms. The van der Waals surface area contributed by atoms with Gasteiger partial charge in [-0.1, -0.05) is 296 Å². The molecule has 0 amide bonds. The van der Waals surface area contributed by atoms with E-state index in [4.69, 9.17) is 37.9 Å². The first-order valence-electron chi connectivity index (χ1n) is 40.0. The minimum atomic E-state index is -0.575. The van der Waals surface area contributed by atoms with Crippen molar-refractivity contribution in [3.8, 4) is 56.8 Å². The number of rotatable bonds is 18. The highest BCUT2D eigenvalue weighted by atomic mass is 16.6. The molecule has 10 heteroatoms. The van der Waals surface area contributed by atoms with Gasteiger partial charge in [0.05, 0.1) is 37.3 Å². The Morgan fingerprint density at radius 2 is 0.495 bits per heavy atom. The number of fused-ring (bicyclic) bond motifs is 6. The Labute approximate surface area is 660 Å². The molecular weight excluding hydrogens is 1370 g/mol. The summed E-state index contributed by atoms with van der Waals surface area (Å²) in [6, 6.07) is 74.3. The van der Waals surface area contributed by atoms with Crippen LogP contribution in [0.15, 0.2) is 206 Å². The topological polar surface area (TPSA) is 128 Å². The lowest BCUT2D eigenvalue weighted by Crippen LogP contribution is -2.30. The van der Waals surface area contributed by atoms with Gasteiger partial charge >= 0.3 is 0 Å². The van der Waals surface area contributed by atoms with Crippen molar-refractivity contribution in [1.29, 1.82) is 0 Å². The third-order valence-electron chi connectivity index (χ3n) is 23.1. The van der Waals surface area contributed by atoms with Crippen LogP contribution in [0.25, 0.3) is 22.3 Å². The van der Waals surface area contributed by atoms with Crippen molar-refractivity contribution in [3.05, 3.63) is 295 Å². The normalized spacial score (nSPS) is 18.3. The van der Waals surface area contributed by atoms with Crippen LogP contribution < -0.4 is 18.9 Å². The molecule has 0 saturated carbocycles. The van der Waals surface area contributed by atoms with Crippen LogP contribution in [-0.2, 0) is 67.7 Å². The molecule has 2 aliphatic carbocycles. The fraction of sp³-hybridized carbons (Fsp3) is 0.406. The van der Waals surface area contributed by atoms with Gasteiger partial charge in [-0.2, -0.15) is 0 Å². The SMILES string of the molecule is CC(C)(C)c1cc(C(C)(C)c2ccc(OCC3CO3)c(C(C)(C)C)c2)ccc1OCC1CO1.CC(C)(C)c1cc(C2(c3ccc(O)c(C(C)(C)C)c3)c3ccccc3-c3ccccc32)ccc1O.CC(C)(C)c1cc(C2(c3ccc(OCC4CO4)c(C(C)(C)C)c3)c3ccccc3-c3ccccc32)ccc1OCC1CO1. The summed E-state index contributed by atoms with van der Waals surface area (Å²) in [5.74, 6) is 4.41. The highest BCUT2D eigenvalue weighted by Crippen LogP contribution is 2.60. The van der Waals surface area contributed by atoms with Crippen LogP contribution in [0.2, 0.25) is 0 Å². The third kappa shape index (κ3) is 15.9. The zero-order chi connectivity index (χ0) is 79.2. The quantitative estimate of drug-likeness (QED) is 0.0802. The van der Waals surface area contributed by atoms with Gasteiger partial charge in [0.2, 0.25) is 0 Å². The van der Waals surface area contributed by atoms with Crippen molar-refractivity contribution in [1.82, 2.24) is 0 Å². The zero-order valence-electron chi connectivity index (χ0n) is 69.3. The van der Waals surface area contributed by atoms with E-state index < -0.39 is 10.8 Å². The molecule has 2 N–H and O–H groups in total. The first kappa shape index (κ1) is 78.5. The number of ether oxygens (including phenoxy) is 8. The van der Waals surface area contributed by atoms with Crippen molar-refractivity contribution in [2.45, 2.75) is 212 Å². The van der Waals surface area contributed by atoms with Gasteiger partial charge in [0.1, 0.15) is 85.3 Å². The summed E-state index contributed by atoms with van der Waals surface area (Å²) >= 11 is 0. The molecule has 16 rings (SSSR count). The van der Waals surface area contributed by atoms with Gasteiger partial charge in [-0.15, -0.1) is 0 Å². The van der Waals surface area contributed by atoms with Gasteiger partial charge in [-0.05, 0) is 192 Å². The van der Waals surface area contributed by atoms with E-state index in [1.807, 2.05) is 12.1 Å². The minimum absolute atomic E-state index is 0.0228. The predicted octanol–water partition coefficient (Wildman–Crippen LogP) is 22.4. The fourth-order valence-corrected chi connectivity index (χ4v) is 16.6. The Hall–Kier alpha value is -9.16. The maximum Gasteiger partial charge on any atom is 0.123 e. The Kier molecular flexibility index (Phi) is 20.8. The smallest absolute Gasteiger partial charge is 0.123 e. The summed E-state index contributed by atoms with van der Waals surface area (Å²) in [6.07, 6.45) is 0.903. The first-order valence-corrected chi connectivity index (χ1v) is 40.0. The molecule has 580 valence electrons. The fourth-order valence-electron chi connectivity index (χ4n) is 16.6. The number of hydrogen-bond donors (Lipinski definition) is 2. The number of aromatic hydroxyl groups is 2. The van der Waals surface area contributed by atoms with E-state index in [9.17, 15) is 10.2 Å². The van der Waals surface area contributed by atoms with Crippen molar-refractivity contribution < 1.29 is 48.1 Å². The largest absolute Gasteiger partial charge is 0.508 e. The summed E-state index contributed by atoms with van der Waals surface area (Å²) in [7, 11) is 0. The lowest BCUT2D eigenvalue weighted by atomic mass is 9.66. The van der Waals surface area contributed by atoms with E-state index >= 15 is 0 Å². The van der Waals surface area contributed by atoms with E-state index in [2.05, 4.69) is 333 Å². The van der Waals surface area contributed by atoms with E-state index in [-0.39, 0.29) is 62.3 Å². The number of phenols is 2. The molecule has 0 spiro atoms. The summed E-state index contributed by atoms with van der Waals surface area (Å²) in [5, 5.41) is 21.6. The molecule has 6 aliphatic rings. The number of epoxide rings is 4. The molecule has 0 bridgehead atoms. The van der Waals surface area contributed by atoms with Crippen LogP contribution >= 0.6 is 0 Å². The molecule has 10 nitrogen and oxygen atoms in total. The van der Waals surface area contributed by atoms with E-state index in [1.165, 1.54) is 89.0 Å². The zero-order valence-corrected chi connectivity index (χ0v) is 69.3. The van der Waals surface area contributed by atoms with Crippen LogP contribution in [0.3, 0.4) is 0 Å². The molecule has 4 saturated heterocycles. The van der Waals surface area contributed by atoms with Gasteiger partial charge in [0, 0.05) is 5.41 Å². The minimum Gasteiger partial charge on any atom is -0.508 e. The highest BCUT2D eigenvalue weighted by molar-refractivity contribution is 5.88. The molecule has 4 heterocycles. The van der Waals surface area contributed by atoms with Crippen LogP contribution in [-0.4, -0.2) is 87.5 Å². The molecule has 4 atom stereocenters. The second-order valence-corrected chi connectivity index (χ2v) is 38.2. The third-order valence-corrected chi connectivity index (χ3v) is 23.1. The monoisotopic (exact) mass is 1490 g/mol. The molecule has 4 unspecified atom stereocenters. The van der Waals surface area contributed by atoms with Gasteiger partial charge in [0.25, 0.3) is 0 Å². The summed E-state index contributed by atoms with van der Waals surface area (Å²) in [4.78, 5) is 0. The van der Waals surface area contributed by atoms with E-state index in [0.717, 1.165) is 71.7 Å². The van der Waals surface area contributed by atoms with Crippen molar-refractivity contribution >= 4 is 0 Å². The molecule has 10 aromatic rings. The van der Waals surface area contributed by atoms with Crippen LogP contribution in [0.1, 0.15) is 227 Å². The maximum atomic E-state index is 10.8. The summed E-state index contributed by atoms with van der Waals surface area (Å²) in [6.45, 7) is 50.0. The molecule has 0 radical (unpaired) electrons. The van der Waals surface area contributed by atoms with Gasteiger partial charge in [0.15, 0.2) is 0 Å². The second-order valence-electron chi connectivity index (χ2n) is 38.2. The van der Waals surface area contributed by atoms with Gasteiger partial charge < -0.3 is 48.1 Å². The van der Waals surface area contributed by atoms with Crippen molar-refractivity contribution in [2.75, 3.05) is 52.9 Å². The number of hydrogen-bond acceptors (Lipinski definition) is 10. The van der Waals surface area contributed by atoms with Crippen LogP contribution in [0.5, 0.6) is 34.5 Å². The van der Waals surface area contributed by atoms with Crippen LogP contribution in [0, 0.1) is 0 Å². The Morgan fingerprint density at radius 1 is 0.279 bits per heavy atom. The molecule has 4 fully saturated rings. The Balaban J connectivity index is 0.000000140. The molecule has 10 aromatic carbocycles. The van der Waals surface area contributed by atoms with E-state index in [0.29, 0.717) is 37.9 Å². The van der Waals surface area contributed by atoms with Crippen LogP contribution in [0.4, 0.5) is 0 Å². The first-order chi connectivity index (χ1) is 52.4. The predicted molar refractivity (Wildman–Crippen MR) is 449 cm³/mol. The average molecular weight is 1490 g/mol. The van der Waals surface area contributed by atoms with Crippen molar-refractivity contribution in [2.24, 2.45) is 0 Å². The maximum absolute atomic E-state index is 10.8. The standard InChI is InChI=1S/C39H42O4.C33H34O2.C29H40O4/c1-37(2,3)33-19-25(15-17-35(33)42-23-27-21-40-27)39(31-13-9-7-11-29(31)30-12-8-10-14-32(30)39)26-16-18-36(43-24-28-22-41-28)34(20-26)38(4,5)6;1-31(2,3)27-19-21(15-17-29(27)34)33(22-16-18-30(35)28(20-22)32(4,5)6)25-13-9-7-11-23(25)24-12-8-10-14-26(24)33;1-27(2,3)23-13-19(9-11-25(23)32-17-21-15-30-21)29(7,8)20-10-12-26(33-18-22-16-31-22)24(14-20)28(4,5)6/h7-20,27-28H,21-24H2,1-6H3;7-20,34-35H,1-6H3;9-14,21-22H,15-18H2,1-8H3. The Morgan fingerprint density at radius 3 is 0.739 bits per heavy atom. The lowest BCUT2D eigenvalue weighted by Gasteiger charge is -2.36. The van der Waals surface area contributed by atoms with E-state index in [1.54, 1.807) is 0 Å². The highest BCUT2D eigenvalue weighted by Gasteiger charge is 2.50. The summed E-state index contributed by atoms with van der Waals surface area (Å²) in [5.41, 5.74) is 22.1. The lowest BCUT2D eigenvalue weighted by molar-refractivity contribution is 0.258. The molecule has 0 aromatic heterocycles. The average Bonchev–Trinajstić information content (AvgIpc) is 1.55. The summed E-state index contributed by atoms with van der Waals surface area (Å²) < 4.78 is 46.6. The van der Waals surface area contributed by atoms with Crippen molar-refractivity contribution in [3.63, 3.8) is 0 Å². The van der Waals surface area contributed by atoms with Gasteiger partial charge in [-0.25, -0.2) is 0 Å². The Bertz CT molecular complexity index is 4760. The number of phenolic OH excluding ortho intramolecular Hbond substituents is 2.